The topological polar surface area (TPSA) is 21.3 Å². The molecule has 1 aliphatic rings. The highest BCUT2D eigenvalue weighted by atomic mass is 35.5. The van der Waals surface area contributed by atoms with Crippen molar-refractivity contribution in [3.63, 3.8) is 0 Å². The molecule has 14 heavy (non-hydrogen) atoms. The number of hydrogen-bond donors (Lipinski definition) is 1. The molecule has 0 aromatic heterocycles. The fourth-order valence-electron chi connectivity index (χ4n) is 1.50. The van der Waals surface area contributed by atoms with Gasteiger partial charge in [-0.15, -0.1) is 12.4 Å². The summed E-state index contributed by atoms with van der Waals surface area (Å²) < 4.78 is 5.85. The van der Waals surface area contributed by atoms with Crippen molar-refractivity contribution in [2.45, 2.75) is 20.0 Å². The Balaban J connectivity index is 0.000000980. The lowest BCUT2D eigenvalue weighted by Gasteiger charge is -2.29. The number of rotatable bonds is 2. The summed E-state index contributed by atoms with van der Waals surface area (Å²) in [5, 5.41) is 3.20. The number of benzene rings is 1. The van der Waals surface area contributed by atoms with Gasteiger partial charge in [0.15, 0.2) is 0 Å². The smallest absolute Gasteiger partial charge is 0.125 e. The van der Waals surface area contributed by atoms with Gasteiger partial charge in [0.05, 0.1) is 0 Å². The van der Waals surface area contributed by atoms with Crippen LogP contribution < -0.4 is 10.1 Å². The van der Waals surface area contributed by atoms with Gasteiger partial charge in [0.2, 0.25) is 0 Å². The van der Waals surface area contributed by atoms with E-state index in [1.54, 1.807) is 0 Å². The maximum Gasteiger partial charge on any atom is 0.125 e. The second-order valence-corrected chi connectivity index (χ2v) is 3.62. The lowest BCUT2D eigenvalue weighted by Crippen LogP contribution is -2.50. The minimum atomic E-state index is 0. The fourth-order valence-corrected chi connectivity index (χ4v) is 1.50. The maximum absolute atomic E-state index is 5.85. The van der Waals surface area contributed by atoms with E-state index in [1.807, 2.05) is 0 Å². The van der Waals surface area contributed by atoms with Gasteiger partial charge >= 0.3 is 0 Å². The van der Waals surface area contributed by atoms with Crippen molar-refractivity contribution >= 4 is 12.4 Å². The van der Waals surface area contributed by atoms with Crippen molar-refractivity contribution in [1.82, 2.24) is 5.32 Å². The molecule has 1 saturated heterocycles. The summed E-state index contributed by atoms with van der Waals surface area (Å²) in [6, 6.07) is 6.25. The van der Waals surface area contributed by atoms with Crippen LogP contribution in [0.5, 0.6) is 5.75 Å². The van der Waals surface area contributed by atoms with E-state index < -0.39 is 0 Å². The first kappa shape index (κ1) is 11.3. The second kappa shape index (κ2) is 4.67. The Labute approximate surface area is 91.1 Å². The summed E-state index contributed by atoms with van der Waals surface area (Å²) in [5.74, 6) is 1.06. The monoisotopic (exact) mass is 213 g/mol. The Morgan fingerprint density at radius 1 is 1.21 bits per heavy atom. The van der Waals surface area contributed by atoms with Crippen LogP contribution in [0.25, 0.3) is 0 Å². The van der Waals surface area contributed by atoms with Crippen molar-refractivity contribution in [3.8, 4) is 5.75 Å². The van der Waals surface area contributed by atoms with E-state index in [0.29, 0.717) is 6.10 Å². The maximum atomic E-state index is 5.85. The number of aryl methyl sites for hydroxylation is 2. The second-order valence-electron chi connectivity index (χ2n) is 3.62. The van der Waals surface area contributed by atoms with Crippen molar-refractivity contribution in [2.75, 3.05) is 13.1 Å². The Bertz CT molecular complexity index is 290. The molecule has 0 unspecified atom stereocenters. The number of halogens is 1. The molecule has 1 fully saturated rings. The molecule has 1 aromatic carbocycles. The first-order valence-electron chi connectivity index (χ1n) is 4.71. The molecule has 0 atom stereocenters. The molecule has 2 nitrogen and oxygen atoms in total. The van der Waals surface area contributed by atoms with Crippen LogP contribution in [0.4, 0.5) is 0 Å². The third kappa shape index (κ3) is 2.20. The third-order valence-electron chi connectivity index (χ3n) is 2.44. The quantitative estimate of drug-likeness (QED) is 0.812. The van der Waals surface area contributed by atoms with Gasteiger partial charge in [0.1, 0.15) is 11.9 Å². The Morgan fingerprint density at radius 2 is 1.79 bits per heavy atom. The summed E-state index contributed by atoms with van der Waals surface area (Å²) in [4.78, 5) is 0. The minimum absolute atomic E-state index is 0. The minimum Gasteiger partial charge on any atom is -0.487 e. The van der Waals surface area contributed by atoms with Crippen LogP contribution in [0.2, 0.25) is 0 Å². The number of nitrogens with one attached hydrogen (secondary N) is 1. The largest absolute Gasteiger partial charge is 0.487 e. The molecule has 0 amide bonds. The molecule has 78 valence electrons. The van der Waals surface area contributed by atoms with Crippen LogP contribution in [-0.4, -0.2) is 19.2 Å². The van der Waals surface area contributed by atoms with Crippen LogP contribution in [0.3, 0.4) is 0 Å². The molecule has 0 radical (unpaired) electrons. The standard InChI is InChI=1S/C11H15NO.ClH/c1-8-4-3-5-9(2)11(8)13-10-6-12-7-10;/h3-5,10,12H,6-7H2,1-2H3;1H. The van der Waals surface area contributed by atoms with Crippen LogP contribution >= 0.6 is 12.4 Å². The first-order chi connectivity index (χ1) is 6.27. The van der Waals surface area contributed by atoms with E-state index in [0.717, 1.165) is 18.8 Å². The van der Waals surface area contributed by atoms with Gasteiger partial charge in [-0.05, 0) is 25.0 Å². The summed E-state index contributed by atoms with van der Waals surface area (Å²) in [6.45, 7) is 6.14. The van der Waals surface area contributed by atoms with Crippen molar-refractivity contribution < 1.29 is 4.74 Å². The predicted molar refractivity (Wildman–Crippen MR) is 60.4 cm³/mol. The van der Waals surface area contributed by atoms with Crippen LogP contribution in [-0.2, 0) is 0 Å². The van der Waals surface area contributed by atoms with Gasteiger partial charge in [-0.2, -0.15) is 0 Å². The fraction of sp³-hybridized carbons (Fsp3) is 0.455. The van der Waals surface area contributed by atoms with Crippen LogP contribution in [0.15, 0.2) is 18.2 Å². The molecule has 3 heteroatoms. The molecule has 0 aliphatic carbocycles. The third-order valence-corrected chi connectivity index (χ3v) is 2.44. The highest BCUT2D eigenvalue weighted by molar-refractivity contribution is 5.85. The highest BCUT2D eigenvalue weighted by Crippen LogP contribution is 2.24. The molecule has 0 saturated carbocycles. The molecule has 1 heterocycles. The molecule has 1 aromatic rings. The average Bonchev–Trinajstić information content (AvgIpc) is 2.00. The van der Waals surface area contributed by atoms with Crippen LogP contribution in [0, 0.1) is 13.8 Å². The lowest BCUT2D eigenvalue weighted by atomic mass is 10.1. The van der Waals surface area contributed by atoms with Gasteiger partial charge in [0.25, 0.3) is 0 Å². The molecule has 1 aliphatic heterocycles. The van der Waals surface area contributed by atoms with Gasteiger partial charge in [0, 0.05) is 13.1 Å². The van der Waals surface area contributed by atoms with Crippen molar-refractivity contribution in [2.24, 2.45) is 0 Å². The average molecular weight is 214 g/mol. The van der Waals surface area contributed by atoms with E-state index in [9.17, 15) is 0 Å². The summed E-state index contributed by atoms with van der Waals surface area (Å²) in [6.07, 6.45) is 0.375. The van der Waals surface area contributed by atoms with E-state index in [2.05, 4.69) is 37.4 Å². The molecule has 0 spiro atoms. The van der Waals surface area contributed by atoms with Gasteiger partial charge in [-0.1, -0.05) is 18.2 Å². The molecule has 1 N–H and O–H groups in total. The van der Waals surface area contributed by atoms with E-state index in [1.165, 1.54) is 11.1 Å². The molecular formula is C11H16ClNO. The number of ether oxygens (including phenoxy) is 1. The van der Waals surface area contributed by atoms with Gasteiger partial charge < -0.3 is 10.1 Å². The molecule has 2 rings (SSSR count). The number of hydrogen-bond acceptors (Lipinski definition) is 2. The molecular weight excluding hydrogens is 198 g/mol. The first-order valence-corrected chi connectivity index (χ1v) is 4.71. The number of para-hydroxylation sites is 1. The van der Waals surface area contributed by atoms with E-state index >= 15 is 0 Å². The Kier molecular flexibility index (Phi) is 3.78. The Morgan fingerprint density at radius 3 is 2.21 bits per heavy atom. The summed E-state index contributed by atoms with van der Waals surface area (Å²) in [7, 11) is 0. The van der Waals surface area contributed by atoms with E-state index in [4.69, 9.17) is 4.74 Å². The zero-order valence-corrected chi connectivity index (χ0v) is 9.36. The zero-order chi connectivity index (χ0) is 9.26. The predicted octanol–water partition coefficient (Wildman–Crippen LogP) is 2.08. The molecule has 0 bridgehead atoms. The summed E-state index contributed by atoms with van der Waals surface area (Å²) in [5.41, 5.74) is 2.46. The van der Waals surface area contributed by atoms with Crippen molar-refractivity contribution in [1.29, 1.82) is 0 Å². The highest BCUT2D eigenvalue weighted by Gasteiger charge is 2.19. The normalized spacial score (nSPS) is 15.6. The van der Waals surface area contributed by atoms with E-state index in [-0.39, 0.29) is 12.4 Å². The summed E-state index contributed by atoms with van der Waals surface area (Å²) >= 11 is 0. The van der Waals surface area contributed by atoms with Crippen molar-refractivity contribution in [3.05, 3.63) is 29.3 Å². The SMILES string of the molecule is Cc1cccc(C)c1OC1CNC1.Cl. The van der Waals surface area contributed by atoms with Crippen LogP contribution in [0.1, 0.15) is 11.1 Å². The Hall–Kier alpha value is -0.730. The zero-order valence-electron chi connectivity index (χ0n) is 8.54. The van der Waals surface area contributed by atoms with Gasteiger partial charge in [-0.25, -0.2) is 0 Å². The van der Waals surface area contributed by atoms with Gasteiger partial charge in [-0.3, -0.25) is 0 Å². The lowest BCUT2D eigenvalue weighted by molar-refractivity contribution is 0.140.